The molecule has 0 radical (unpaired) electrons. The van der Waals surface area contributed by atoms with Gasteiger partial charge in [-0.1, -0.05) is 12.1 Å². The molecule has 2 N–H and O–H groups in total. The second-order valence-electron chi connectivity index (χ2n) is 5.92. The molecule has 1 unspecified atom stereocenters. The van der Waals surface area contributed by atoms with Crippen molar-refractivity contribution in [1.82, 2.24) is 19.9 Å². The molecule has 2 aromatic heterocycles. The summed E-state index contributed by atoms with van der Waals surface area (Å²) in [6.45, 7) is 2.14. The quantitative estimate of drug-likeness (QED) is 0.570. The van der Waals surface area contributed by atoms with Crippen molar-refractivity contribution in [2.45, 2.75) is 19.1 Å². The maximum absolute atomic E-state index is 9.99. The van der Waals surface area contributed by atoms with E-state index in [1.54, 1.807) is 18.3 Å². The number of benzene rings is 1. The number of nitriles is 1. The van der Waals surface area contributed by atoms with Crippen LogP contribution < -0.4 is 10.1 Å². The zero-order chi connectivity index (χ0) is 18.2. The summed E-state index contributed by atoms with van der Waals surface area (Å²) in [4.78, 5) is 8.37. The highest BCUT2D eigenvalue weighted by Gasteiger charge is 2.08. The van der Waals surface area contributed by atoms with E-state index >= 15 is 0 Å². The molecule has 2 heterocycles. The summed E-state index contributed by atoms with van der Waals surface area (Å²) in [6, 6.07) is 13.4. The first-order valence-corrected chi connectivity index (χ1v) is 8.54. The minimum absolute atomic E-state index is 0.0881. The molecule has 0 amide bonds. The summed E-state index contributed by atoms with van der Waals surface area (Å²) in [6.07, 6.45) is 3.66. The third-order valence-corrected chi connectivity index (χ3v) is 3.96. The van der Waals surface area contributed by atoms with Crippen molar-refractivity contribution in [3.05, 3.63) is 54.5 Å². The second-order valence-corrected chi connectivity index (χ2v) is 5.92. The van der Waals surface area contributed by atoms with Crippen LogP contribution in [0.1, 0.15) is 12.0 Å². The number of imidazole rings is 1. The number of ether oxygens (including phenoxy) is 1. The number of hydrogen-bond donors (Lipinski definition) is 2. The van der Waals surface area contributed by atoms with Crippen molar-refractivity contribution in [1.29, 1.82) is 5.26 Å². The molecule has 3 rings (SSSR count). The van der Waals surface area contributed by atoms with E-state index in [1.165, 1.54) is 0 Å². The molecule has 26 heavy (non-hydrogen) atoms. The Bertz CT molecular complexity index is 887. The molecule has 1 aromatic carbocycles. The fourth-order valence-electron chi connectivity index (χ4n) is 2.66. The Morgan fingerprint density at radius 3 is 3.00 bits per heavy atom. The maximum Gasteiger partial charge on any atom is 0.231 e. The Hall–Kier alpha value is -2.95. The molecule has 7 heteroatoms. The number of rotatable bonds is 9. The minimum Gasteiger partial charge on any atom is -0.474 e. The predicted octanol–water partition coefficient (Wildman–Crippen LogP) is 1.72. The van der Waals surface area contributed by atoms with Gasteiger partial charge in [-0.2, -0.15) is 5.26 Å². The van der Waals surface area contributed by atoms with E-state index in [1.807, 2.05) is 30.6 Å². The van der Waals surface area contributed by atoms with Gasteiger partial charge in [-0.25, -0.2) is 9.97 Å². The molecule has 0 aliphatic heterocycles. The highest BCUT2D eigenvalue weighted by molar-refractivity contribution is 5.74. The molecule has 0 fully saturated rings. The molecule has 7 nitrogen and oxygen atoms in total. The Kier molecular flexibility index (Phi) is 6.14. The zero-order valence-corrected chi connectivity index (χ0v) is 14.4. The monoisotopic (exact) mass is 351 g/mol. The summed E-state index contributed by atoms with van der Waals surface area (Å²) in [5, 5.41) is 22.2. The van der Waals surface area contributed by atoms with Crippen molar-refractivity contribution in [2.24, 2.45) is 0 Å². The van der Waals surface area contributed by atoms with Crippen molar-refractivity contribution in [3.63, 3.8) is 0 Å². The van der Waals surface area contributed by atoms with Crippen LogP contribution in [0.3, 0.4) is 0 Å². The Morgan fingerprint density at radius 1 is 1.23 bits per heavy atom. The normalized spacial score (nSPS) is 12.0. The molecular formula is C19H21N5O2. The average Bonchev–Trinajstić information content (AvgIpc) is 3.09. The summed E-state index contributed by atoms with van der Waals surface area (Å²) in [5.74, 6) is 0.251. The number of fused-ring (bicyclic) bond motifs is 1. The molecule has 1 atom stereocenters. The van der Waals surface area contributed by atoms with Gasteiger partial charge >= 0.3 is 0 Å². The highest BCUT2D eigenvalue weighted by atomic mass is 16.5. The fourth-order valence-corrected chi connectivity index (χ4v) is 2.66. The number of hydrogen-bond acceptors (Lipinski definition) is 6. The number of para-hydroxylation sites is 2. The van der Waals surface area contributed by atoms with Gasteiger partial charge in [-0.15, -0.1) is 0 Å². The molecule has 3 aromatic rings. The number of aliphatic hydroxyl groups is 1. The summed E-state index contributed by atoms with van der Waals surface area (Å²) < 4.78 is 7.54. The Balaban J connectivity index is 1.35. The topological polar surface area (TPSA) is 96.0 Å². The van der Waals surface area contributed by atoms with Crippen molar-refractivity contribution >= 4 is 11.0 Å². The van der Waals surface area contributed by atoms with Gasteiger partial charge in [-0.05, 0) is 37.2 Å². The molecule has 0 saturated heterocycles. The molecule has 0 aliphatic carbocycles. The SMILES string of the molecule is N#Cc1cccnc1OCC(O)CNCCCn1cnc2ccccc21. The van der Waals surface area contributed by atoms with Crippen molar-refractivity contribution in [3.8, 4) is 11.9 Å². The van der Waals surface area contributed by atoms with E-state index in [2.05, 4.69) is 25.9 Å². The smallest absolute Gasteiger partial charge is 0.231 e. The van der Waals surface area contributed by atoms with Crippen molar-refractivity contribution in [2.75, 3.05) is 19.7 Å². The minimum atomic E-state index is -0.669. The van der Waals surface area contributed by atoms with Gasteiger partial charge in [-0.3, -0.25) is 0 Å². The van der Waals surface area contributed by atoms with Gasteiger partial charge in [0, 0.05) is 19.3 Å². The van der Waals surface area contributed by atoms with Gasteiger partial charge in [0.1, 0.15) is 24.3 Å². The highest BCUT2D eigenvalue weighted by Crippen LogP contribution is 2.13. The largest absolute Gasteiger partial charge is 0.474 e. The zero-order valence-electron chi connectivity index (χ0n) is 14.4. The van der Waals surface area contributed by atoms with Crippen LogP contribution in [0.15, 0.2) is 48.9 Å². The molecule has 0 saturated carbocycles. The van der Waals surface area contributed by atoms with Crippen LogP contribution >= 0.6 is 0 Å². The average molecular weight is 351 g/mol. The van der Waals surface area contributed by atoms with Gasteiger partial charge in [0.2, 0.25) is 5.88 Å². The van der Waals surface area contributed by atoms with E-state index in [0.29, 0.717) is 12.1 Å². The number of aromatic nitrogens is 3. The number of aliphatic hydroxyl groups excluding tert-OH is 1. The Morgan fingerprint density at radius 2 is 2.12 bits per heavy atom. The van der Waals surface area contributed by atoms with Crippen LogP contribution in [0, 0.1) is 11.3 Å². The van der Waals surface area contributed by atoms with Crippen LogP contribution in [-0.4, -0.2) is 45.4 Å². The predicted molar refractivity (Wildman–Crippen MR) is 97.7 cm³/mol. The lowest BCUT2D eigenvalue weighted by Gasteiger charge is -2.13. The van der Waals surface area contributed by atoms with Crippen LogP contribution in [0.25, 0.3) is 11.0 Å². The lowest BCUT2D eigenvalue weighted by atomic mass is 10.3. The van der Waals surface area contributed by atoms with Gasteiger partial charge in [0.25, 0.3) is 0 Å². The third kappa shape index (κ3) is 4.57. The standard InChI is InChI=1S/C19H21N5O2/c20-11-15-5-3-9-22-19(15)26-13-16(25)12-21-8-4-10-24-14-23-17-6-1-2-7-18(17)24/h1-3,5-7,9,14,16,21,25H,4,8,10,12-13H2. The Labute approximate surface area is 151 Å². The van der Waals surface area contributed by atoms with E-state index in [-0.39, 0.29) is 12.5 Å². The lowest BCUT2D eigenvalue weighted by molar-refractivity contribution is 0.104. The van der Waals surface area contributed by atoms with E-state index < -0.39 is 6.10 Å². The molecule has 134 valence electrons. The van der Waals surface area contributed by atoms with E-state index in [0.717, 1.165) is 30.5 Å². The van der Waals surface area contributed by atoms with E-state index in [9.17, 15) is 5.11 Å². The van der Waals surface area contributed by atoms with Crippen molar-refractivity contribution < 1.29 is 9.84 Å². The number of nitrogens with zero attached hydrogens (tertiary/aromatic N) is 4. The first kappa shape index (κ1) is 17.9. The number of nitrogens with one attached hydrogen (secondary N) is 1. The number of aryl methyl sites for hydroxylation is 1. The molecule has 0 aliphatic rings. The van der Waals surface area contributed by atoms with E-state index in [4.69, 9.17) is 10.00 Å². The van der Waals surface area contributed by atoms with Gasteiger partial charge < -0.3 is 19.7 Å². The van der Waals surface area contributed by atoms with Gasteiger partial charge in [0.05, 0.1) is 17.4 Å². The third-order valence-electron chi connectivity index (χ3n) is 3.96. The molecule has 0 bridgehead atoms. The van der Waals surface area contributed by atoms with Crippen LogP contribution in [0.2, 0.25) is 0 Å². The van der Waals surface area contributed by atoms with Crippen LogP contribution in [-0.2, 0) is 6.54 Å². The summed E-state index contributed by atoms with van der Waals surface area (Å²) in [7, 11) is 0. The molecule has 0 spiro atoms. The summed E-state index contributed by atoms with van der Waals surface area (Å²) >= 11 is 0. The van der Waals surface area contributed by atoms with Gasteiger partial charge in [0.15, 0.2) is 0 Å². The first-order valence-electron chi connectivity index (χ1n) is 8.54. The lowest BCUT2D eigenvalue weighted by Crippen LogP contribution is -2.32. The second kappa shape index (κ2) is 8.94. The number of pyridine rings is 1. The van der Waals surface area contributed by atoms with Crippen LogP contribution in [0.4, 0.5) is 0 Å². The van der Waals surface area contributed by atoms with Crippen LogP contribution in [0.5, 0.6) is 5.88 Å². The summed E-state index contributed by atoms with van der Waals surface area (Å²) in [5.41, 5.74) is 2.49. The first-order chi connectivity index (χ1) is 12.8. The molecular weight excluding hydrogens is 330 g/mol. The maximum atomic E-state index is 9.99. The fraction of sp³-hybridized carbons (Fsp3) is 0.316.